The van der Waals surface area contributed by atoms with Crippen molar-refractivity contribution in [1.29, 1.82) is 0 Å². The molecule has 0 aliphatic heterocycles. The lowest BCUT2D eigenvalue weighted by Crippen LogP contribution is -2.29. The van der Waals surface area contributed by atoms with Gasteiger partial charge in [-0.05, 0) is 41.8 Å². The molecule has 5 heteroatoms. The minimum Gasteiger partial charge on any atom is -0.271 e. The van der Waals surface area contributed by atoms with E-state index >= 15 is 0 Å². The average molecular weight is 266 g/mol. The number of nitrogens with two attached hydrogens (primary N) is 1. The molecule has 2 aromatic carbocycles. The number of benzene rings is 2. The van der Waals surface area contributed by atoms with Crippen molar-refractivity contribution in [3.05, 3.63) is 71.0 Å². The van der Waals surface area contributed by atoms with Crippen molar-refractivity contribution in [3.8, 4) is 0 Å². The summed E-state index contributed by atoms with van der Waals surface area (Å²) >= 11 is 0. The Balaban J connectivity index is 2.18. The molecule has 1 atom stereocenters. The number of nitrogens with one attached hydrogen (secondary N) is 1. The summed E-state index contributed by atoms with van der Waals surface area (Å²) in [6.07, 6.45) is 0.374. The Morgan fingerprint density at radius 1 is 0.947 bits per heavy atom. The van der Waals surface area contributed by atoms with Gasteiger partial charge in [0.05, 0.1) is 0 Å². The maximum atomic E-state index is 13.1. The van der Waals surface area contributed by atoms with E-state index in [0.29, 0.717) is 12.0 Å². The second-order valence-corrected chi connectivity index (χ2v) is 4.22. The molecule has 0 bridgehead atoms. The summed E-state index contributed by atoms with van der Waals surface area (Å²) in [7, 11) is 0. The molecular formula is C14H13F3N2. The van der Waals surface area contributed by atoms with Gasteiger partial charge in [0.1, 0.15) is 5.82 Å². The van der Waals surface area contributed by atoms with E-state index in [0.717, 1.165) is 17.7 Å². The lowest BCUT2D eigenvalue weighted by atomic mass is 9.99. The van der Waals surface area contributed by atoms with Crippen LogP contribution in [0.5, 0.6) is 0 Å². The Labute approximate surface area is 109 Å². The summed E-state index contributed by atoms with van der Waals surface area (Å²) in [5.74, 6) is 3.32. The number of halogens is 3. The molecule has 3 N–H and O–H groups in total. The van der Waals surface area contributed by atoms with Crippen LogP contribution in [-0.2, 0) is 6.42 Å². The standard InChI is InChI=1S/C14H13F3N2/c15-11-4-2-10(3-5-11)14(19-18)8-9-1-6-12(16)13(17)7-9/h1-7,14,19H,8,18H2. The van der Waals surface area contributed by atoms with E-state index in [1.807, 2.05) is 0 Å². The largest absolute Gasteiger partial charge is 0.271 e. The Bertz CT molecular complexity index is 555. The summed E-state index contributed by atoms with van der Waals surface area (Å²) in [6, 6.07) is 9.23. The van der Waals surface area contributed by atoms with Crippen LogP contribution in [0.2, 0.25) is 0 Å². The molecule has 1 unspecified atom stereocenters. The topological polar surface area (TPSA) is 38.0 Å². The quantitative estimate of drug-likeness (QED) is 0.659. The minimum atomic E-state index is -0.896. The van der Waals surface area contributed by atoms with Crippen molar-refractivity contribution >= 4 is 0 Å². The van der Waals surface area contributed by atoms with Crippen molar-refractivity contribution in [2.24, 2.45) is 5.84 Å². The van der Waals surface area contributed by atoms with Gasteiger partial charge >= 0.3 is 0 Å². The highest BCUT2D eigenvalue weighted by Crippen LogP contribution is 2.19. The molecule has 0 saturated carbocycles. The maximum absolute atomic E-state index is 13.1. The third-order valence-electron chi connectivity index (χ3n) is 2.90. The van der Waals surface area contributed by atoms with Crippen LogP contribution in [0.1, 0.15) is 17.2 Å². The second kappa shape index (κ2) is 5.86. The van der Waals surface area contributed by atoms with Crippen LogP contribution in [-0.4, -0.2) is 0 Å². The summed E-state index contributed by atoms with van der Waals surface area (Å²) in [5.41, 5.74) is 3.96. The van der Waals surface area contributed by atoms with Gasteiger partial charge in [-0.3, -0.25) is 11.3 Å². The number of hydrazine groups is 1. The molecule has 0 saturated heterocycles. The molecule has 0 amide bonds. The Morgan fingerprint density at radius 3 is 2.21 bits per heavy atom. The zero-order valence-corrected chi connectivity index (χ0v) is 10.0. The van der Waals surface area contributed by atoms with Crippen molar-refractivity contribution < 1.29 is 13.2 Å². The SMILES string of the molecule is NNC(Cc1ccc(F)c(F)c1)c1ccc(F)cc1. The van der Waals surface area contributed by atoms with E-state index < -0.39 is 11.6 Å². The van der Waals surface area contributed by atoms with Crippen LogP contribution in [0.3, 0.4) is 0 Å². The van der Waals surface area contributed by atoms with Crippen molar-refractivity contribution in [2.45, 2.75) is 12.5 Å². The first-order chi connectivity index (χ1) is 9.10. The van der Waals surface area contributed by atoms with E-state index in [1.54, 1.807) is 12.1 Å². The zero-order chi connectivity index (χ0) is 13.8. The average Bonchev–Trinajstić information content (AvgIpc) is 2.41. The van der Waals surface area contributed by atoms with Crippen LogP contribution < -0.4 is 11.3 Å². The normalized spacial score (nSPS) is 12.4. The summed E-state index contributed by atoms with van der Waals surface area (Å²) < 4.78 is 38.8. The fraction of sp³-hybridized carbons (Fsp3) is 0.143. The fourth-order valence-corrected chi connectivity index (χ4v) is 1.87. The van der Waals surface area contributed by atoms with Gasteiger partial charge in [0.25, 0.3) is 0 Å². The van der Waals surface area contributed by atoms with Crippen LogP contribution in [0, 0.1) is 17.5 Å². The van der Waals surface area contributed by atoms with Crippen molar-refractivity contribution in [1.82, 2.24) is 5.43 Å². The third kappa shape index (κ3) is 3.33. The predicted octanol–water partition coefficient (Wildman–Crippen LogP) is 2.85. The highest BCUT2D eigenvalue weighted by Gasteiger charge is 2.12. The number of rotatable bonds is 4. The fourth-order valence-electron chi connectivity index (χ4n) is 1.87. The first kappa shape index (κ1) is 13.6. The van der Waals surface area contributed by atoms with Gasteiger partial charge in [-0.15, -0.1) is 0 Å². The molecule has 100 valence electrons. The molecule has 0 spiro atoms. The first-order valence-corrected chi connectivity index (χ1v) is 5.75. The van der Waals surface area contributed by atoms with Crippen LogP contribution in [0.15, 0.2) is 42.5 Å². The smallest absolute Gasteiger partial charge is 0.159 e. The summed E-state index contributed by atoms with van der Waals surface area (Å²) in [6.45, 7) is 0. The third-order valence-corrected chi connectivity index (χ3v) is 2.90. The van der Waals surface area contributed by atoms with Gasteiger partial charge in [0, 0.05) is 6.04 Å². The molecule has 0 fully saturated rings. The Morgan fingerprint density at radius 2 is 1.63 bits per heavy atom. The molecule has 2 rings (SSSR count). The number of hydrogen-bond acceptors (Lipinski definition) is 2. The Kier molecular flexibility index (Phi) is 4.19. The van der Waals surface area contributed by atoms with Gasteiger partial charge in [-0.25, -0.2) is 13.2 Å². The monoisotopic (exact) mass is 266 g/mol. The highest BCUT2D eigenvalue weighted by molar-refractivity contribution is 5.25. The lowest BCUT2D eigenvalue weighted by Gasteiger charge is -2.16. The maximum Gasteiger partial charge on any atom is 0.159 e. The molecule has 2 nitrogen and oxygen atoms in total. The molecule has 0 radical (unpaired) electrons. The minimum absolute atomic E-state index is 0.300. The summed E-state index contributed by atoms with van der Waals surface area (Å²) in [4.78, 5) is 0. The van der Waals surface area contributed by atoms with Gasteiger partial charge in [-0.2, -0.15) is 0 Å². The predicted molar refractivity (Wildman–Crippen MR) is 66.5 cm³/mol. The number of hydrogen-bond donors (Lipinski definition) is 2. The van der Waals surface area contributed by atoms with Crippen LogP contribution >= 0.6 is 0 Å². The highest BCUT2D eigenvalue weighted by atomic mass is 19.2. The molecule has 0 heterocycles. The summed E-state index contributed by atoms with van der Waals surface area (Å²) in [5, 5.41) is 0. The van der Waals surface area contributed by atoms with Gasteiger partial charge in [0.15, 0.2) is 11.6 Å². The molecule has 0 aromatic heterocycles. The van der Waals surface area contributed by atoms with Gasteiger partial charge in [-0.1, -0.05) is 18.2 Å². The van der Waals surface area contributed by atoms with Crippen LogP contribution in [0.4, 0.5) is 13.2 Å². The van der Waals surface area contributed by atoms with E-state index in [4.69, 9.17) is 5.84 Å². The van der Waals surface area contributed by atoms with E-state index in [2.05, 4.69) is 5.43 Å². The zero-order valence-electron chi connectivity index (χ0n) is 10.0. The lowest BCUT2D eigenvalue weighted by molar-refractivity contribution is 0.502. The molecular weight excluding hydrogens is 253 g/mol. The van der Waals surface area contributed by atoms with Crippen molar-refractivity contribution in [2.75, 3.05) is 0 Å². The Hall–Kier alpha value is -1.85. The molecule has 0 aliphatic carbocycles. The molecule has 19 heavy (non-hydrogen) atoms. The van der Waals surface area contributed by atoms with Gasteiger partial charge in [0.2, 0.25) is 0 Å². The van der Waals surface area contributed by atoms with E-state index in [1.165, 1.54) is 18.2 Å². The molecule has 2 aromatic rings. The van der Waals surface area contributed by atoms with Crippen molar-refractivity contribution in [3.63, 3.8) is 0 Å². The van der Waals surface area contributed by atoms with Crippen LogP contribution in [0.25, 0.3) is 0 Å². The second-order valence-electron chi connectivity index (χ2n) is 4.22. The van der Waals surface area contributed by atoms with E-state index in [9.17, 15) is 13.2 Å². The van der Waals surface area contributed by atoms with Gasteiger partial charge < -0.3 is 0 Å². The van der Waals surface area contributed by atoms with E-state index in [-0.39, 0.29) is 11.9 Å². The molecule has 0 aliphatic rings. The first-order valence-electron chi connectivity index (χ1n) is 5.75.